The molecule has 0 atom stereocenters. The van der Waals surface area contributed by atoms with Gasteiger partial charge in [-0.25, -0.2) is 4.39 Å². The van der Waals surface area contributed by atoms with Gasteiger partial charge in [-0.2, -0.15) is 0 Å². The van der Waals surface area contributed by atoms with Gasteiger partial charge in [-0.05, 0) is 30.3 Å². The Kier molecular flexibility index (Phi) is 2.11. The third-order valence-corrected chi connectivity index (χ3v) is 2.65. The normalized spacial score (nSPS) is 10.9. The minimum atomic E-state index is -0.404. The van der Waals surface area contributed by atoms with Crippen LogP contribution in [0, 0.1) is 5.82 Å². The van der Waals surface area contributed by atoms with Crippen LogP contribution in [0.1, 0.15) is 0 Å². The van der Waals surface area contributed by atoms with Crippen molar-refractivity contribution in [2.75, 3.05) is 0 Å². The average molecular weight is 228 g/mol. The smallest absolute Gasteiger partial charge is 0.139 e. The van der Waals surface area contributed by atoms with E-state index in [1.54, 1.807) is 6.07 Å². The van der Waals surface area contributed by atoms with E-state index in [1.165, 1.54) is 18.2 Å². The predicted octanol–water partition coefficient (Wildman–Crippen LogP) is 3.94. The first-order valence-corrected chi connectivity index (χ1v) is 5.21. The molecular formula is C14H9FO2. The highest BCUT2D eigenvalue weighted by Gasteiger charge is 2.10. The van der Waals surface area contributed by atoms with Crippen molar-refractivity contribution in [1.82, 2.24) is 0 Å². The maximum Gasteiger partial charge on any atom is 0.139 e. The van der Waals surface area contributed by atoms with Crippen molar-refractivity contribution in [3.05, 3.63) is 54.3 Å². The number of phenols is 1. The molecule has 3 aromatic rings. The number of fused-ring (bicyclic) bond motifs is 1. The molecule has 0 radical (unpaired) electrons. The predicted molar refractivity (Wildman–Crippen MR) is 63.3 cm³/mol. The van der Waals surface area contributed by atoms with Crippen molar-refractivity contribution in [3.63, 3.8) is 0 Å². The van der Waals surface area contributed by atoms with Gasteiger partial charge in [0.2, 0.25) is 0 Å². The molecule has 0 aliphatic rings. The van der Waals surface area contributed by atoms with Gasteiger partial charge in [0.1, 0.15) is 22.9 Å². The fraction of sp³-hybridized carbons (Fsp3) is 0. The zero-order valence-corrected chi connectivity index (χ0v) is 8.85. The molecular weight excluding hydrogens is 219 g/mol. The number of furan rings is 1. The quantitative estimate of drug-likeness (QED) is 0.684. The summed E-state index contributed by atoms with van der Waals surface area (Å²) in [5, 5.41) is 10.6. The molecule has 84 valence electrons. The zero-order chi connectivity index (χ0) is 11.8. The van der Waals surface area contributed by atoms with Crippen molar-refractivity contribution in [2.24, 2.45) is 0 Å². The molecule has 3 heteroatoms. The lowest BCUT2D eigenvalue weighted by atomic mass is 10.1. The number of hydrogen-bond donors (Lipinski definition) is 1. The number of aromatic hydroxyl groups is 1. The fourth-order valence-corrected chi connectivity index (χ4v) is 1.82. The van der Waals surface area contributed by atoms with Crippen molar-refractivity contribution in [2.45, 2.75) is 0 Å². The summed E-state index contributed by atoms with van der Waals surface area (Å²) in [5.74, 6) is 0.0620. The largest absolute Gasteiger partial charge is 0.507 e. The van der Waals surface area contributed by atoms with Gasteiger partial charge >= 0.3 is 0 Å². The highest BCUT2D eigenvalue weighted by molar-refractivity contribution is 5.83. The van der Waals surface area contributed by atoms with Gasteiger partial charge in [-0.15, -0.1) is 0 Å². The Hall–Kier alpha value is -2.29. The molecule has 1 aromatic heterocycles. The summed E-state index contributed by atoms with van der Waals surface area (Å²) in [6.45, 7) is 0. The van der Waals surface area contributed by atoms with Gasteiger partial charge in [-0.3, -0.25) is 0 Å². The standard InChI is InChI=1S/C14H9FO2/c15-10-5-6-12(16)11(8-10)14-7-9-3-1-2-4-13(9)17-14/h1-8,16H. The number of para-hydroxylation sites is 1. The molecule has 2 aromatic carbocycles. The molecule has 0 saturated carbocycles. The molecule has 0 unspecified atom stereocenters. The topological polar surface area (TPSA) is 33.4 Å². The number of phenolic OH excluding ortho intramolecular Hbond substituents is 1. The Bertz CT molecular complexity index is 653. The lowest BCUT2D eigenvalue weighted by molar-refractivity contribution is 0.472. The summed E-state index contributed by atoms with van der Waals surface area (Å²) in [4.78, 5) is 0. The Morgan fingerprint density at radius 1 is 1.00 bits per heavy atom. The second-order valence-electron chi connectivity index (χ2n) is 3.81. The number of benzene rings is 2. The highest BCUT2D eigenvalue weighted by atomic mass is 19.1. The van der Waals surface area contributed by atoms with Gasteiger partial charge in [-0.1, -0.05) is 18.2 Å². The van der Waals surface area contributed by atoms with Gasteiger partial charge in [0.05, 0.1) is 5.56 Å². The van der Waals surface area contributed by atoms with Gasteiger partial charge in [0.25, 0.3) is 0 Å². The van der Waals surface area contributed by atoms with Gasteiger partial charge in [0.15, 0.2) is 0 Å². The lowest BCUT2D eigenvalue weighted by Gasteiger charge is -2.00. The minimum Gasteiger partial charge on any atom is -0.507 e. The van der Waals surface area contributed by atoms with Crippen LogP contribution < -0.4 is 0 Å². The van der Waals surface area contributed by atoms with Crippen molar-refractivity contribution >= 4 is 11.0 Å². The van der Waals surface area contributed by atoms with Crippen molar-refractivity contribution in [3.8, 4) is 17.1 Å². The van der Waals surface area contributed by atoms with Gasteiger partial charge in [0, 0.05) is 5.39 Å². The van der Waals surface area contributed by atoms with Crippen LogP contribution in [0.5, 0.6) is 5.75 Å². The van der Waals surface area contributed by atoms with Gasteiger partial charge < -0.3 is 9.52 Å². The molecule has 1 N–H and O–H groups in total. The first-order chi connectivity index (χ1) is 8.24. The Labute approximate surface area is 96.9 Å². The molecule has 0 aliphatic heterocycles. The van der Waals surface area contributed by atoms with Crippen molar-refractivity contribution < 1.29 is 13.9 Å². The maximum absolute atomic E-state index is 13.1. The maximum atomic E-state index is 13.1. The summed E-state index contributed by atoms with van der Waals surface area (Å²) in [6, 6.07) is 13.1. The van der Waals surface area contributed by atoms with E-state index in [2.05, 4.69) is 0 Å². The molecule has 2 nitrogen and oxygen atoms in total. The van der Waals surface area contributed by atoms with E-state index in [1.807, 2.05) is 24.3 Å². The third-order valence-electron chi connectivity index (χ3n) is 2.65. The molecule has 0 fully saturated rings. The first kappa shape index (κ1) is 9.90. The van der Waals surface area contributed by atoms with Crippen LogP contribution in [-0.2, 0) is 0 Å². The minimum absolute atomic E-state index is 0.00505. The zero-order valence-electron chi connectivity index (χ0n) is 8.85. The van der Waals surface area contributed by atoms with E-state index in [9.17, 15) is 9.50 Å². The number of rotatable bonds is 1. The summed E-state index contributed by atoms with van der Waals surface area (Å²) in [7, 11) is 0. The molecule has 0 bridgehead atoms. The summed E-state index contributed by atoms with van der Waals surface area (Å²) in [5.41, 5.74) is 1.08. The first-order valence-electron chi connectivity index (χ1n) is 5.21. The second-order valence-corrected chi connectivity index (χ2v) is 3.81. The van der Waals surface area contributed by atoms with Crippen molar-refractivity contribution in [1.29, 1.82) is 0 Å². The summed E-state index contributed by atoms with van der Waals surface area (Å²) in [6.07, 6.45) is 0. The van der Waals surface area contributed by atoms with Crippen LogP contribution in [-0.4, -0.2) is 5.11 Å². The average Bonchev–Trinajstić information content (AvgIpc) is 2.75. The van der Waals surface area contributed by atoms with Crippen LogP contribution in [0.3, 0.4) is 0 Å². The van der Waals surface area contributed by atoms with E-state index in [0.717, 1.165) is 5.39 Å². The third kappa shape index (κ3) is 1.65. The number of halogens is 1. The van der Waals surface area contributed by atoms with E-state index < -0.39 is 5.82 Å². The molecule has 0 aliphatic carbocycles. The second kappa shape index (κ2) is 3.63. The molecule has 3 rings (SSSR count). The Balaban J connectivity index is 2.23. The molecule has 1 heterocycles. The van der Waals surface area contributed by atoms with Crippen LogP contribution >= 0.6 is 0 Å². The van der Waals surface area contributed by atoms with E-state index in [0.29, 0.717) is 16.9 Å². The molecule has 0 spiro atoms. The molecule has 17 heavy (non-hydrogen) atoms. The van der Waals surface area contributed by atoms with E-state index >= 15 is 0 Å². The van der Waals surface area contributed by atoms with E-state index in [-0.39, 0.29) is 5.75 Å². The molecule has 0 amide bonds. The Morgan fingerprint density at radius 3 is 2.65 bits per heavy atom. The monoisotopic (exact) mass is 228 g/mol. The van der Waals surface area contributed by atoms with Crippen LogP contribution in [0.4, 0.5) is 4.39 Å². The van der Waals surface area contributed by atoms with E-state index in [4.69, 9.17) is 4.42 Å². The highest BCUT2D eigenvalue weighted by Crippen LogP contribution is 2.33. The summed E-state index contributed by atoms with van der Waals surface area (Å²) < 4.78 is 18.7. The van der Waals surface area contributed by atoms with Crippen LogP contribution in [0.15, 0.2) is 52.9 Å². The fourth-order valence-electron chi connectivity index (χ4n) is 1.82. The SMILES string of the molecule is Oc1ccc(F)cc1-c1cc2ccccc2o1. The van der Waals surface area contributed by atoms with Crippen LogP contribution in [0.2, 0.25) is 0 Å². The van der Waals surface area contributed by atoms with Crippen LogP contribution in [0.25, 0.3) is 22.3 Å². The molecule has 0 saturated heterocycles. The summed E-state index contributed by atoms with van der Waals surface area (Å²) >= 11 is 0. The number of hydrogen-bond acceptors (Lipinski definition) is 2. The Morgan fingerprint density at radius 2 is 1.82 bits per heavy atom. The lowest BCUT2D eigenvalue weighted by Crippen LogP contribution is -1.78.